The van der Waals surface area contributed by atoms with Gasteiger partial charge >= 0.3 is 5.97 Å². The third-order valence-electron chi connectivity index (χ3n) is 3.92. The van der Waals surface area contributed by atoms with E-state index in [1.54, 1.807) is 0 Å². The van der Waals surface area contributed by atoms with Crippen molar-refractivity contribution < 1.29 is 14.7 Å². The Hall–Kier alpha value is -2.35. The number of hydrogen-bond donors (Lipinski definition) is 1. The van der Waals surface area contributed by atoms with Crippen molar-refractivity contribution in [3.63, 3.8) is 0 Å². The zero-order valence-corrected chi connectivity index (χ0v) is 11.7. The second kappa shape index (κ2) is 6.89. The van der Waals surface area contributed by atoms with Crippen molar-refractivity contribution in [3.8, 4) is 6.07 Å². The number of benzene rings is 1. The monoisotopic (exact) mass is 286 g/mol. The lowest BCUT2D eigenvalue weighted by molar-refractivity contribution is -0.141. The zero-order valence-electron chi connectivity index (χ0n) is 11.7. The maximum absolute atomic E-state index is 12.5. The molecule has 2 atom stereocenters. The molecule has 0 saturated heterocycles. The van der Waals surface area contributed by atoms with Crippen molar-refractivity contribution in [2.24, 2.45) is 11.8 Å². The number of carbonyl (C=O) groups is 2. The summed E-state index contributed by atoms with van der Waals surface area (Å²) in [5.41, 5.74) is 0.967. The lowest BCUT2D eigenvalue weighted by atomic mass is 10.0. The van der Waals surface area contributed by atoms with Crippen LogP contribution in [0, 0.1) is 23.2 Å². The van der Waals surface area contributed by atoms with Gasteiger partial charge < -0.3 is 10.0 Å². The second-order valence-corrected chi connectivity index (χ2v) is 5.38. The number of aliphatic carboxylic acids is 1. The van der Waals surface area contributed by atoms with E-state index in [1.165, 1.54) is 4.90 Å². The van der Waals surface area contributed by atoms with Gasteiger partial charge in [-0.3, -0.25) is 9.59 Å². The molecule has 1 amide bonds. The third kappa shape index (κ3) is 3.82. The fraction of sp³-hybridized carbons (Fsp3) is 0.438. The number of carboxylic acids is 1. The van der Waals surface area contributed by atoms with Crippen LogP contribution in [0.5, 0.6) is 0 Å². The van der Waals surface area contributed by atoms with E-state index in [2.05, 4.69) is 0 Å². The first-order chi connectivity index (χ1) is 10.1. The molecule has 21 heavy (non-hydrogen) atoms. The average molecular weight is 286 g/mol. The smallest absolute Gasteiger partial charge is 0.306 e. The van der Waals surface area contributed by atoms with E-state index in [0.717, 1.165) is 5.56 Å². The number of carbonyl (C=O) groups excluding carboxylic acids is 1. The number of nitrogens with zero attached hydrogens (tertiary/aromatic N) is 2. The quantitative estimate of drug-likeness (QED) is 0.840. The number of hydrogen-bond acceptors (Lipinski definition) is 3. The van der Waals surface area contributed by atoms with Crippen LogP contribution in [0.4, 0.5) is 0 Å². The molecule has 1 aromatic rings. The van der Waals surface area contributed by atoms with Gasteiger partial charge in [-0.15, -0.1) is 0 Å². The van der Waals surface area contributed by atoms with E-state index in [0.29, 0.717) is 25.8 Å². The Labute approximate surface area is 123 Å². The highest BCUT2D eigenvalue weighted by atomic mass is 16.4. The minimum Gasteiger partial charge on any atom is -0.481 e. The van der Waals surface area contributed by atoms with E-state index >= 15 is 0 Å². The molecule has 1 aromatic carbocycles. The molecule has 5 heteroatoms. The molecule has 0 heterocycles. The zero-order chi connectivity index (χ0) is 15.2. The van der Waals surface area contributed by atoms with Crippen molar-refractivity contribution >= 4 is 11.9 Å². The standard InChI is InChI=1S/C16H18N2O3/c17-8-9-18(11-12-4-2-1-3-5-12)15(19)13-6-7-14(10-13)16(20)21/h1-5,13-14H,6-7,9-11H2,(H,20,21)/t13-,14+/m1/s1. The summed E-state index contributed by atoms with van der Waals surface area (Å²) in [7, 11) is 0. The van der Waals surface area contributed by atoms with Gasteiger partial charge in [-0.05, 0) is 24.8 Å². The molecule has 1 saturated carbocycles. The van der Waals surface area contributed by atoms with Crippen LogP contribution < -0.4 is 0 Å². The van der Waals surface area contributed by atoms with Crippen LogP contribution in [0.2, 0.25) is 0 Å². The molecule has 1 aliphatic rings. The molecule has 5 nitrogen and oxygen atoms in total. The third-order valence-corrected chi connectivity index (χ3v) is 3.92. The lowest BCUT2D eigenvalue weighted by Gasteiger charge is -2.23. The first kappa shape index (κ1) is 15.0. The van der Waals surface area contributed by atoms with Crippen LogP contribution >= 0.6 is 0 Å². The van der Waals surface area contributed by atoms with Crippen molar-refractivity contribution in [1.82, 2.24) is 4.90 Å². The van der Waals surface area contributed by atoms with Crippen LogP contribution in [0.3, 0.4) is 0 Å². The van der Waals surface area contributed by atoms with Gasteiger partial charge in [0.1, 0.15) is 6.54 Å². The van der Waals surface area contributed by atoms with Gasteiger partial charge in [-0.1, -0.05) is 30.3 Å². The molecule has 0 radical (unpaired) electrons. The van der Waals surface area contributed by atoms with Gasteiger partial charge in [0, 0.05) is 12.5 Å². The summed E-state index contributed by atoms with van der Waals surface area (Å²) in [5, 5.41) is 17.9. The SMILES string of the molecule is N#CCN(Cc1ccccc1)C(=O)[C@@H]1CC[C@H](C(=O)O)C1. The van der Waals surface area contributed by atoms with Crippen molar-refractivity contribution in [2.75, 3.05) is 6.54 Å². The van der Waals surface area contributed by atoms with Gasteiger partial charge in [0.05, 0.1) is 12.0 Å². The molecule has 1 fully saturated rings. The molecule has 2 rings (SSSR count). The van der Waals surface area contributed by atoms with Gasteiger partial charge in [0.25, 0.3) is 0 Å². The normalized spacial score (nSPS) is 20.7. The highest BCUT2D eigenvalue weighted by Gasteiger charge is 2.35. The summed E-state index contributed by atoms with van der Waals surface area (Å²) in [6.45, 7) is 0.420. The lowest BCUT2D eigenvalue weighted by Crippen LogP contribution is -2.35. The summed E-state index contributed by atoms with van der Waals surface area (Å²) in [6.07, 6.45) is 1.51. The predicted molar refractivity (Wildman–Crippen MR) is 75.9 cm³/mol. The highest BCUT2D eigenvalue weighted by molar-refractivity contribution is 5.81. The minimum atomic E-state index is -0.833. The van der Waals surface area contributed by atoms with Gasteiger partial charge in [0.15, 0.2) is 0 Å². The fourth-order valence-corrected chi connectivity index (χ4v) is 2.79. The average Bonchev–Trinajstić information content (AvgIpc) is 2.97. The molecule has 1 N–H and O–H groups in total. The number of nitriles is 1. The Bertz CT molecular complexity index is 550. The summed E-state index contributed by atoms with van der Waals surface area (Å²) < 4.78 is 0. The Morgan fingerprint density at radius 3 is 2.48 bits per heavy atom. The maximum atomic E-state index is 12.5. The fourth-order valence-electron chi connectivity index (χ4n) is 2.79. The predicted octanol–water partition coefficient (Wildman–Crippen LogP) is 2.04. The first-order valence-corrected chi connectivity index (χ1v) is 7.04. The summed E-state index contributed by atoms with van der Waals surface area (Å²) in [4.78, 5) is 25.0. The minimum absolute atomic E-state index is 0.0297. The van der Waals surface area contributed by atoms with Crippen molar-refractivity contribution in [3.05, 3.63) is 35.9 Å². The van der Waals surface area contributed by atoms with E-state index in [1.807, 2.05) is 36.4 Å². The summed E-state index contributed by atoms with van der Waals surface area (Å²) in [5.74, 6) is -1.65. The van der Waals surface area contributed by atoms with Crippen molar-refractivity contribution in [1.29, 1.82) is 5.26 Å². The molecular weight excluding hydrogens is 268 g/mol. The van der Waals surface area contributed by atoms with Crippen LogP contribution in [0.15, 0.2) is 30.3 Å². The van der Waals surface area contributed by atoms with Crippen molar-refractivity contribution in [2.45, 2.75) is 25.8 Å². The Morgan fingerprint density at radius 1 is 1.24 bits per heavy atom. The Balaban J connectivity index is 2.03. The molecule has 0 unspecified atom stereocenters. The van der Waals surface area contributed by atoms with E-state index in [-0.39, 0.29) is 18.4 Å². The summed E-state index contributed by atoms with van der Waals surface area (Å²) >= 11 is 0. The maximum Gasteiger partial charge on any atom is 0.306 e. The summed E-state index contributed by atoms with van der Waals surface area (Å²) in [6, 6.07) is 11.5. The number of carboxylic acid groups (broad SMARTS) is 1. The molecule has 110 valence electrons. The largest absolute Gasteiger partial charge is 0.481 e. The van der Waals surface area contributed by atoms with E-state index in [4.69, 9.17) is 10.4 Å². The van der Waals surface area contributed by atoms with Gasteiger partial charge in [0.2, 0.25) is 5.91 Å². The van der Waals surface area contributed by atoms with Crippen LogP contribution in [0.1, 0.15) is 24.8 Å². The van der Waals surface area contributed by atoms with Gasteiger partial charge in [-0.2, -0.15) is 5.26 Å². The molecule has 1 aliphatic carbocycles. The number of amides is 1. The van der Waals surface area contributed by atoms with Gasteiger partial charge in [-0.25, -0.2) is 0 Å². The van der Waals surface area contributed by atoms with Crippen LogP contribution in [0.25, 0.3) is 0 Å². The van der Waals surface area contributed by atoms with Crippen LogP contribution in [-0.2, 0) is 16.1 Å². The Kier molecular flexibility index (Phi) is 4.94. The molecular formula is C16H18N2O3. The molecule has 0 aliphatic heterocycles. The Morgan fingerprint density at radius 2 is 1.90 bits per heavy atom. The first-order valence-electron chi connectivity index (χ1n) is 7.04. The van der Waals surface area contributed by atoms with E-state index < -0.39 is 11.9 Å². The molecule has 0 bridgehead atoms. The highest BCUT2D eigenvalue weighted by Crippen LogP contribution is 2.32. The van der Waals surface area contributed by atoms with E-state index in [9.17, 15) is 9.59 Å². The molecule has 0 spiro atoms. The topological polar surface area (TPSA) is 81.4 Å². The number of rotatable bonds is 5. The molecule has 0 aromatic heterocycles. The second-order valence-electron chi connectivity index (χ2n) is 5.38. The van der Waals surface area contributed by atoms with Crippen LogP contribution in [-0.4, -0.2) is 28.4 Å².